The molecule has 2 aliphatic rings. The van der Waals surface area contributed by atoms with Gasteiger partial charge in [-0.1, -0.05) is 18.9 Å². The number of nitrogens with zero attached hydrogens (tertiary/aromatic N) is 2. The van der Waals surface area contributed by atoms with Crippen LogP contribution in [0.5, 0.6) is 5.75 Å². The van der Waals surface area contributed by atoms with Crippen LogP contribution in [0.25, 0.3) is 0 Å². The molecule has 120 valence electrons. The number of hydrogen-bond donors (Lipinski definition) is 0. The van der Waals surface area contributed by atoms with E-state index < -0.39 is 0 Å². The van der Waals surface area contributed by atoms with E-state index in [2.05, 4.69) is 21.9 Å². The zero-order chi connectivity index (χ0) is 15.4. The van der Waals surface area contributed by atoms with E-state index in [9.17, 15) is 4.79 Å². The van der Waals surface area contributed by atoms with Crippen molar-refractivity contribution in [3.8, 4) is 5.75 Å². The van der Waals surface area contributed by atoms with Crippen LogP contribution in [-0.4, -0.2) is 49.0 Å². The molecule has 0 aromatic heterocycles. The van der Waals surface area contributed by atoms with Crippen LogP contribution >= 0.6 is 0 Å². The molecule has 0 N–H and O–H groups in total. The summed E-state index contributed by atoms with van der Waals surface area (Å²) in [6, 6.07) is 6.29. The molecule has 1 amide bonds. The van der Waals surface area contributed by atoms with Crippen molar-refractivity contribution in [2.24, 2.45) is 0 Å². The molecular weight excluding hydrogens is 276 g/mol. The van der Waals surface area contributed by atoms with Gasteiger partial charge in [0, 0.05) is 26.2 Å². The van der Waals surface area contributed by atoms with Crippen LogP contribution in [0.4, 0.5) is 0 Å². The molecular formula is C18H26N2O2. The third-order valence-electron chi connectivity index (χ3n) is 4.82. The molecule has 0 saturated carbocycles. The van der Waals surface area contributed by atoms with Crippen molar-refractivity contribution in [1.29, 1.82) is 0 Å². The van der Waals surface area contributed by atoms with Gasteiger partial charge in [0.2, 0.25) is 5.91 Å². The minimum atomic E-state index is 0.299. The lowest BCUT2D eigenvalue weighted by molar-refractivity contribution is -0.132. The molecule has 22 heavy (non-hydrogen) atoms. The van der Waals surface area contributed by atoms with E-state index in [0.29, 0.717) is 12.5 Å². The Balaban J connectivity index is 1.60. The molecule has 1 aromatic carbocycles. The van der Waals surface area contributed by atoms with Crippen LogP contribution in [0.1, 0.15) is 36.8 Å². The monoisotopic (exact) mass is 302 g/mol. The SMILES string of the molecule is COc1ccc2c(c1)CN(CC(=O)N1CCCCCC1)CC2. The fourth-order valence-corrected chi connectivity index (χ4v) is 3.47. The molecule has 1 aromatic rings. The fraction of sp³-hybridized carbons (Fsp3) is 0.611. The first kappa shape index (κ1) is 15.3. The molecule has 0 unspecified atom stereocenters. The van der Waals surface area contributed by atoms with E-state index in [0.717, 1.165) is 51.2 Å². The Kier molecular flexibility index (Phi) is 4.98. The summed E-state index contributed by atoms with van der Waals surface area (Å²) in [5.41, 5.74) is 2.69. The summed E-state index contributed by atoms with van der Waals surface area (Å²) in [4.78, 5) is 16.9. The van der Waals surface area contributed by atoms with Crippen LogP contribution < -0.4 is 4.74 Å². The summed E-state index contributed by atoms with van der Waals surface area (Å²) in [5.74, 6) is 1.20. The van der Waals surface area contributed by atoms with E-state index >= 15 is 0 Å². The minimum absolute atomic E-state index is 0.299. The van der Waals surface area contributed by atoms with E-state index in [-0.39, 0.29) is 0 Å². The van der Waals surface area contributed by atoms with Crippen LogP contribution in [-0.2, 0) is 17.8 Å². The molecule has 4 nitrogen and oxygen atoms in total. The van der Waals surface area contributed by atoms with Gasteiger partial charge in [0.15, 0.2) is 0 Å². The Hall–Kier alpha value is -1.55. The van der Waals surface area contributed by atoms with Crippen LogP contribution in [0.15, 0.2) is 18.2 Å². The average molecular weight is 302 g/mol. The van der Waals surface area contributed by atoms with Crippen molar-refractivity contribution in [3.63, 3.8) is 0 Å². The highest BCUT2D eigenvalue weighted by Crippen LogP contribution is 2.23. The lowest BCUT2D eigenvalue weighted by Crippen LogP contribution is -2.42. The third kappa shape index (κ3) is 3.61. The summed E-state index contributed by atoms with van der Waals surface area (Å²) >= 11 is 0. The van der Waals surface area contributed by atoms with Gasteiger partial charge in [0.1, 0.15) is 5.75 Å². The lowest BCUT2D eigenvalue weighted by Gasteiger charge is -2.30. The first-order valence-corrected chi connectivity index (χ1v) is 8.42. The van der Waals surface area contributed by atoms with Gasteiger partial charge in [-0.3, -0.25) is 9.69 Å². The van der Waals surface area contributed by atoms with Crippen molar-refractivity contribution in [2.45, 2.75) is 38.6 Å². The van der Waals surface area contributed by atoms with Gasteiger partial charge in [-0.05, 0) is 42.5 Å². The third-order valence-corrected chi connectivity index (χ3v) is 4.82. The maximum atomic E-state index is 12.5. The Morgan fingerprint density at radius 1 is 1.09 bits per heavy atom. The van der Waals surface area contributed by atoms with E-state index in [1.54, 1.807) is 7.11 Å². The van der Waals surface area contributed by atoms with Gasteiger partial charge in [-0.15, -0.1) is 0 Å². The molecule has 4 heteroatoms. The van der Waals surface area contributed by atoms with Crippen LogP contribution in [0.2, 0.25) is 0 Å². The lowest BCUT2D eigenvalue weighted by atomic mass is 9.99. The highest BCUT2D eigenvalue weighted by atomic mass is 16.5. The summed E-state index contributed by atoms with van der Waals surface area (Å²) < 4.78 is 5.31. The average Bonchev–Trinajstić information content (AvgIpc) is 2.83. The molecule has 1 saturated heterocycles. The largest absolute Gasteiger partial charge is 0.497 e. The zero-order valence-electron chi connectivity index (χ0n) is 13.5. The number of amides is 1. The number of rotatable bonds is 3. The minimum Gasteiger partial charge on any atom is -0.497 e. The predicted octanol–water partition coefficient (Wildman–Crippen LogP) is 2.46. The van der Waals surface area contributed by atoms with E-state index in [4.69, 9.17) is 4.74 Å². The summed E-state index contributed by atoms with van der Waals surface area (Å²) in [7, 11) is 1.70. The van der Waals surface area contributed by atoms with Crippen molar-refractivity contribution in [2.75, 3.05) is 33.3 Å². The van der Waals surface area contributed by atoms with Gasteiger partial charge >= 0.3 is 0 Å². The van der Waals surface area contributed by atoms with Crippen molar-refractivity contribution in [3.05, 3.63) is 29.3 Å². The number of methoxy groups -OCH3 is 1. The summed E-state index contributed by atoms with van der Waals surface area (Å²) in [5, 5.41) is 0. The van der Waals surface area contributed by atoms with Gasteiger partial charge in [0.05, 0.1) is 13.7 Å². The molecule has 1 fully saturated rings. The highest BCUT2D eigenvalue weighted by molar-refractivity contribution is 5.78. The number of ether oxygens (including phenoxy) is 1. The van der Waals surface area contributed by atoms with Crippen LogP contribution in [0, 0.1) is 0 Å². The van der Waals surface area contributed by atoms with E-state index in [1.165, 1.54) is 24.0 Å². The number of benzene rings is 1. The Labute approximate surface area is 133 Å². The number of fused-ring (bicyclic) bond motifs is 1. The Morgan fingerprint density at radius 2 is 1.86 bits per heavy atom. The van der Waals surface area contributed by atoms with Gasteiger partial charge in [-0.25, -0.2) is 0 Å². The predicted molar refractivity (Wildman–Crippen MR) is 87.0 cm³/mol. The molecule has 0 radical (unpaired) electrons. The second kappa shape index (κ2) is 7.14. The standard InChI is InChI=1S/C18H26N2O2/c1-22-17-7-6-15-8-11-19(13-16(15)12-17)14-18(21)20-9-4-2-3-5-10-20/h6-7,12H,2-5,8-11,13-14H2,1H3. The van der Waals surface area contributed by atoms with Crippen molar-refractivity contribution in [1.82, 2.24) is 9.80 Å². The van der Waals surface area contributed by atoms with Gasteiger partial charge < -0.3 is 9.64 Å². The van der Waals surface area contributed by atoms with Crippen molar-refractivity contribution < 1.29 is 9.53 Å². The Morgan fingerprint density at radius 3 is 2.59 bits per heavy atom. The smallest absolute Gasteiger partial charge is 0.236 e. The first-order valence-electron chi connectivity index (χ1n) is 8.42. The van der Waals surface area contributed by atoms with Crippen LogP contribution in [0.3, 0.4) is 0 Å². The number of carbonyl (C=O) groups excluding carboxylic acids is 1. The topological polar surface area (TPSA) is 32.8 Å². The molecule has 0 atom stereocenters. The quantitative estimate of drug-likeness (QED) is 0.860. The molecule has 0 bridgehead atoms. The highest BCUT2D eigenvalue weighted by Gasteiger charge is 2.22. The fourth-order valence-electron chi connectivity index (χ4n) is 3.47. The maximum Gasteiger partial charge on any atom is 0.236 e. The Bertz CT molecular complexity index is 522. The molecule has 3 rings (SSSR count). The number of likely N-dealkylation sites (tertiary alicyclic amines) is 1. The molecule has 0 spiro atoms. The second-order valence-corrected chi connectivity index (χ2v) is 6.39. The normalized spacial score (nSPS) is 19.4. The van der Waals surface area contributed by atoms with E-state index in [1.807, 2.05) is 6.07 Å². The number of hydrogen-bond acceptors (Lipinski definition) is 3. The van der Waals surface area contributed by atoms with Gasteiger partial charge in [0.25, 0.3) is 0 Å². The summed E-state index contributed by atoms with van der Waals surface area (Å²) in [6.45, 7) is 4.26. The summed E-state index contributed by atoms with van der Waals surface area (Å²) in [6.07, 6.45) is 5.87. The molecule has 0 aliphatic carbocycles. The second-order valence-electron chi connectivity index (χ2n) is 6.39. The van der Waals surface area contributed by atoms with Gasteiger partial charge in [-0.2, -0.15) is 0 Å². The van der Waals surface area contributed by atoms with Crippen molar-refractivity contribution >= 4 is 5.91 Å². The number of carbonyl (C=O) groups is 1. The molecule has 2 aliphatic heterocycles. The molecule has 2 heterocycles. The maximum absolute atomic E-state index is 12.5. The zero-order valence-corrected chi connectivity index (χ0v) is 13.5. The first-order chi connectivity index (χ1) is 10.8.